The molecule has 9 heteroatoms. The number of nitro benzene ring substituents is 1. The van der Waals surface area contributed by atoms with Gasteiger partial charge in [-0.15, -0.1) is 0 Å². The number of rotatable bonds is 4. The molecule has 110 valence electrons. The van der Waals surface area contributed by atoms with Gasteiger partial charge in [0.05, 0.1) is 18.1 Å². The second kappa shape index (κ2) is 5.35. The number of nitro groups is 1. The van der Waals surface area contributed by atoms with E-state index in [9.17, 15) is 18.5 Å². The largest absolute Gasteiger partial charge is 0.495 e. The van der Waals surface area contributed by atoms with E-state index in [2.05, 4.69) is 0 Å². The van der Waals surface area contributed by atoms with Crippen LogP contribution in [0.1, 0.15) is 6.42 Å². The highest BCUT2D eigenvalue weighted by molar-refractivity contribution is 7.89. The molecule has 1 fully saturated rings. The Balaban J connectivity index is 2.44. The Morgan fingerprint density at radius 3 is 2.70 bits per heavy atom. The maximum Gasteiger partial charge on any atom is 0.273 e. The Morgan fingerprint density at radius 2 is 2.20 bits per heavy atom. The number of nitrogens with zero attached hydrogens (tertiary/aromatic N) is 2. The van der Waals surface area contributed by atoms with E-state index in [1.807, 2.05) is 0 Å². The third-order valence-electron chi connectivity index (χ3n) is 3.16. The van der Waals surface area contributed by atoms with E-state index in [1.165, 1.54) is 17.5 Å². The summed E-state index contributed by atoms with van der Waals surface area (Å²) in [6.07, 6.45) is 0.592. The molecule has 0 amide bonds. The van der Waals surface area contributed by atoms with Crippen molar-refractivity contribution in [1.29, 1.82) is 0 Å². The molecule has 0 saturated carbocycles. The molecule has 0 bridgehead atoms. The molecule has 1 atom stereocenters. The van der Waals surface area contributed by atoms with E-state index in [1.54, 1.807) is 0 Å². The number of ether oxygens (including phenoxy) is 1. The van der Waals surface area contributed by atoms with Gasteiger partial charge in [0.2, 0.25) is 10.0 Å². The van der Waals surface area contributed by atoms with E-state index in [4.69, 9.17) is 10.5 Å². The lowest BCUT2D eigenvalue weighted by molar-refractivity contribution is -0.385. The van der Waals surface area contributed by atoms with Gasteiger partial charge in [0.1, 0.15) is 10.6 Å². The van der Waals surface area contributed by atoms with Crippen LogP contribution in [0.5, 0.6) is 5.75 Å². The van der Waals surface area contributed by atoms with Crippen LogP contribution < -0.4 is 10.5 Å². The number of hydrogen-bond acceptors (Lipinski definition) is 6. The lowest BCUT2D eigenvalue weighted by Crippen LogP contribution is -2.32. The first-order valence-electron chi connectivity index (χ1n) is 5.94. The van der Waals surface area contributed by atoms with Crippen LogP contribution >= 0.6 is 0 Å². The van der Waals surface area contributed by atoms with Crippen molar-refractivity contribution in [2.24, 2.45) is 5.73 Å². The van der Waals surface area contributed by atoms with E-state index in [-0.39, 0.29) is 28.9 Å². The molecule has 2 rings (SSSR count). The van der Waals surface area contributed by atoms with Crippen molar-refractivity contribution in [2.45, 2.75) is 17.4 Å². The van der Waals surface area contributed by atoms with Crippen molar-refractivity contribution < 1.29 is 18.1 Å². The quantitative estimate of drug-likeness (QED) is 0.632. The van der Waals surface area contributed by atoms with Crippen molar-refractivity contribution in [2.75, 3.05) is 20.2 Å². The van der Waals surface area contributed by atoms with Crippen molar-refractivity contribution in [3.8, 4) is 5.75 Å². The van der Waals surface area contributed by atoms with Crippen LogP contribution in [0.2, 0.25) is 0 Å². The van der Waals surface area contributed by atoms with Gasteiger partial charge < -0.3 is 10.5 Å². The van der Waals surface area contributed by atoms with Gasteiger partial charge in [0, 0.05) is 25.2 Å². The number of nitrogens with two attached hydrogens (primary N) is 1. The van der Waals surface area contributed by atoms with E-state index in [0.717, 1.165) is 12.1 Å². The second-order valence-corrected chi connectivity index (χ2v) is 6.41. The predicted octanol–water partition coefficient (Wildman–Crippen LogP) is 0.325. The summed E-state index contributed by atoms with van der Waals surface area (Å²) in [6, 6.07) is 3.25. The molecule has 8 nitrogen and oxygen atoms in total. The van der Waals surface area contributed by atoms with Gasteiger partial charge in [0.15, 0.2) is 0 Å². The minimum Gasteiger partial charge on any atom is -0.495 e. The normalized spacial score (nSPS) is 20.0. The standard InChI is InChI=1S/C11H15N3O5S/c1-19-10-6-9(14(15)16)2-3-11(10)20(17,18)13-5-4-8(12)7-13/h2-3,6,8H,4-5,7,12H2,1H3. The topological polar surface area (TPSA) is 116 Å². The lowest BCUT2D eigenvalue weighted by Gasteiger charge is -2.17. The van der Waals surface area contributed by atoms with Gasteiger partial charge in [-0.25, -0.2) is 8.42 Å². The van der Waals surface area contributed by atoms with Gasteiger partial charge in [0.25, 0.3) is 5.69 Å². The summed E-state index contributed by atoms with van der Waals surface area (Å²) in [5.41, 5.74) is 5.48. The Labute approximate surface area is 116 Å². The predicted molar refractivity (Wildman–Crippen MR) is 71.0 cm³/mol. The molecule has 1 aliphatic heterocycles. The molecule has 1 aromatic carbocycles. The number of methoxy groups -OCH3 is 1. The molecule has 20 heavy (non-hydrogen) atoms. The Morgan fingerprint density at radius 1 is 1.50 bits per heavy atom. The first-order chi connectivity index (χ1) is 9.36. The third-order valence-corrected chi connectivity index (χ3v) is 5.07. The fraction of sp³-hybridized carbons (Fsp3) is 0.455. The molecule has 1 aliphatic rings. The highest BCUT2D eigenvalue weighted by atomic mass is 32.2. The summed E-state index contributed by atoms with van der Waals surface area (Å²) < 4.78 is 31.2. The van der Waals surface area contributed by atoms with Crippen molar-refractivity contribution in [3.05, 3.63) is 28.3 Å². The van der Waals surface area contributed by atoms with Crippen LogP contribution in [-0.4, -0.2) is 43.9 Å². The molecule has 0 spiro atoms. The monoisotopic (exact) mass is 301 g/mol. The third kappa shape index (κ3) is 2.60. The Bertz CT molecular complexity index is 631. The zero-order valence-corrected chi connectivity index (χ0v) is 11.7. The molecule has 1 saturated heterocycles. The highest BCUT2D eigenvalue weighted by Gasteiger charge is 2.33. The summed E-state index contributed by atoms with van der Waals surface area (Å²) in [4.78, 5) is 10.0. The second-order valence-electron chi connectivity index (χ2n) is 4.50. The fourth-order valence-electron chi connectivity index (χ4n) is 2.09. The number of sulfonamides is 1. The maximum absolute atomic E-state index is 12.5. The average molecular weight is 301 g/mol. The smallest absolute Gasteiger partial charge is 0.273 e. The van der Waals surface area contributed by atoms with Crippen molar-refractivity contribution >= 4 is 15.7 Å². The minimum atomic E-state index is -3.75. The highest BCUT2D eigenvalue weighted by Crippen LogP contribution is 2.31. The van der Waals surface area contributed by atoms with E-state index >= 15 is 0 Å². The fourth-order valence-corrected chi connectivity index (χ4v) is 3.74. The van der Waals surface area contributed by atoms with Gasteiger partial charge in [-0.2, -0.15) is 4.31 Å². The summed E-state index contributed by atoms with van der Waals surface area (Å²) in [6.45, 7) is 0.576. The van der Waals surface area contributed by atoms with Gasteiger partial charge in [-0.3, -0.25) is 10.1 Å². The summed E-state index contributed by atoms with van der Waals surface area (Å²) in [7, 11) is -2.48. The first-order valence-corrected chi connectivity index (χ1v) is 7.38. The summed E-state index contributed by atoms with van der Waals surface area (Å²) in [5.74, 6) is -0.0420. The van der Waals surface area contributed by atoms with Crippen molar-refractivity contribution in [3.63, 3.8) is 0 Å². The SMILES string of the molecule is COc1cc([N+](=O)[O-])ccc1S(=O)(=O)N1CCC(N)C1. The molecule has 2 N–H and O–H groups in total. The summed E-state index contributed by atoms with van der Waals surface area (Å²) in [5, 5.41) is 10.7. The van der Waals surface area contributed by atoms with Gasteiger partial charge in [-0.05, 0) is 12.5 Å². The molecule has 0 radical (unpaired) electrons. The van der Waals surface area contributed by atoms with Crippen LogP contribution in [0.25, 0.3) is 0 Å². The van der Waals surface area contributed by atoms with Crippen LogP contribution in [0.15, 0.2) is 23.1 Å². The zero-order chi connectivity index (χ0) is 14.9. The molecule has 1 unspecified atom stereocenters. The molecule has 1 aromatic rings. The van der Waals surface area contributed by atoms with E-state index < -0.39 is 14.9 Å². The van der Waals surface area contributed by atoms with Crippen LogP contribution in [0.4, 0.5) is 5.69 Å². The molecule has 0 aromatic heterocycles. The van der Waals surface area contributed by atoms with Crippen LogP contribution in [-0.2, 0) is 10.0 Å². The molecule has 0 aliphatic carbocycles. The van der Waals surface area contributed by atoms with E-state index in [0.29, 0.717) is 13.0 Å². The average Bonchev–Trinajstić information content (AvgIpc) is 2.85. The van der Waals surface area contributed by atoms with Crippen molar-refractivity contribution in [1.82, 2.24) is 4.31 Å². The van der Waals surface area contributed by atoms with Crippen LogP contribution in [0.3, 0.4) is 0 Å². The lowest BCUT2D eigenvalue weighted by atomic mass is 10.3. The number of benzene rings is 1. The van der Waals surface area contributed by atoms with Gasteiger partial charge in [-0.1, -0.05) is 0 Å². The summed E-state index contributed by atoms with van der Waals surface area (Å²) >= 11 is 0. The molecular weight excluding hydrogens is 286 g/mol. The van der Waals surface area contributed by atoms with Gasteiger partial charge >= 0.3 is 0 Å². The Hall–Kier alpha value is -1.71. The maximum atomic E-state index is 12.5. The first kappa shape index (κ1) is 14.7. The zero-order valence-electron chi connectivity index (χ0n) is 10.9. The van der Waals surface area contributed by atoms with Crippen LogP contribution in [0, 0.1) is 10.1 Å². The minimum absolute atomic E-state index is 0.0420. The molecule has 1 heterocycles. The number of hydrogen-bond donors (Lipinski definition) is 1. The molecular formula is C11H15N3O5S. The number of non-ortho nitro benzene ring substituents is 1. The Kier molecular flexibility index (Phi) is 3.93.